The van der Waals surface area contributed by atoms with E-state index < -0.39 is 23.8 Å². The fourth-order valence-electron chi connectivity index (χ4n) is 3.57. The molecule has 35 heavy (non-hydrogen) atoms. The van der Waals surface area contributed by atoms with E-state index in [-0.39, 0.29) is 45.8 Å². The minimum atomic E-state index is -1.43. The van der Waals surface area contributed by atoms with Gasteiger partial charge in [-0.15, -0.1) is 0 Å². The number of rotatable bonds is 10. The number of carbonyl (C=O) groups excluding carboxylic acids is 3. The van der Waals surface area contributed by atoms with Gasteiger partial charge in [0, 0.05) is 23.2 Å². The minimum Gasteiger partial charge on any atom is -0.545 e. The van der Waals surface area contributed by atoms with E-state index in [0.717, 1.165) is 30.7 Å². The van der Waals surface area contributed by atoms with Crippen molar-refractivity contribution in [2.24, 2.45) is 0 Å². The molecule has 1 atom stereocenters. The Morgan fingerprint density at radius 3 is 2.37 bits per heavy atom. The third kappa shape index (κ3) is 7.41. The van der Waals surface area contributed by atoms with Gasteiger partial charge >= 0.3 is 35.5 Å². The van der Waals surface area contributed by atoms with Crippen LogP contribution in [0.3, 0.4) is 0 Å². The second-order valence-electron chi connectivity index (χ2n) is 7.76. The van der Waals surface area contributed by atoms with E-state index in [9.17, 15) is 19.5 Å². The van der Waals surface area contributed by atoms with Gasteiger partial charge in [0.1, 0.15) is 11.7 Å². The van der Waals surface area contributed by atoms with E-state index >= 15 is 0 Å². The van der Waals surface area contributed by atoms with Crippen molar-refractivity contribution in [3.63, 3.8) is 0 Å². The number of methoxy groups -OCH3 is 1. The van der Waals surface area contributed by atoms with Crippen LogP contribution in [0.1, 0.15) is 63.5 Å². The maximum absolute atomic E-state index is 12.5. The van der Waals surface area contributed by atoms with Gasteiger partial charge in [-0.25, -0.2) is 4.98 Å². The average molecular weight is 506 g/mol. The number of ether oxygens (including phenoxy) is 1. The molecule has 2 N–H and O–H groups in total. The topological polar surface area (TPSA) is 124 Å². The molecule has 0 bridgehead atoms. The van der Waals surface area contributed by atoms with Crippen molar-refractivity contribution < 1.29 is 53.8 Å². The molecule has 0 radical (unpaired) electrons. The molecular formula is C25H25ClN3NaO5. The van der Waals surface area contributed by atoms with Crippen molar-refractivity contribution in [2.75, 3.05) is 12.4 Å². The van der Waals surface area contributed by atoms with Crippen LogP contribution in [0.4, 0.5) is 5.69 Å². The largest absolute Gasteiger partial charge is 1.00 e. The molecule has 0 aliphatic heterocycles. The third-order valence-electron chi connectivity index (χ3n) is 5.38. The summed E-state index contributed by atoms with van der Waals surface area (Å²) in [6.07, 6.45) is 3.01. The predicted octanol–water partition coefficient (Wildman–Crippen LogP) is 0.525. The van der Waals surface area contributed by atoms with E-state index in [1.165, 1.54) is 25.3 Å². The molecule has 178 valence electrons. The zero-order valence-electron chi connectivity index (χ0n) is 19.9. The summed E-state index contributed by atoms with van der Waals surface area (Å²) in [6, 6.07) is 12.7. The number of aromatic nitrogens is 2. The Kier molecular flexibility index (Phi) is 11.0. The molecule has 0 saturated heterocycles. The smallest absolute Gasteiger partial charge is 0.545 e. The van der Waals surface area contributed by atoms with Crippen molar-refractivity contribution in [3.8, 4) is 0 Å². The van der Waals surface area contributed by atoms with Crippen LogP contribution < -0.4 is 40.0 Å². The van der Waals surface area contributed by atoms with Crippen LogP contribution in [-0.2, 0) is 22.4 Å². The van der Waals surface area contributed by atoms with Crippen LogP contribution >= 0.6 is 11.6 Å². The number of anilines is 1. The van der Waals surface area contributed by atoms with Gasteiger partial charge in [-0.05, 0) is 36.6 Å². The number of halogens is 1. The monoisotopic (exact) mass is 505 g/mol. The number of carbonyl (C=O) groups is 3. The van der Waals surface area contributed by atoms with Crippen LogP contribution in [0.2, 0.25) is 5.15 Å². The Hall–Kier alpha value is -2.65. The van der Waals surface area contributed by atoms with Crippen molar-refractivity contribution in [2.45, 2.75) is 38.5 Å². The van der Waals surface area contributed by atoms with Gasteiger partial charge in [0.25, 0.3) is 5.91 Å². The number of hydrogen-bond acceptors (Lipinski definition) is 6. The first-order chi connectivity index (χ1) is 16.3. The Bertz CT molecular complexity index is 1180. The maximum atomic E-state index is 12.5. The van der Waals surface area contributed by atoms with Gasteiger partial charge in [-0.1, -0.05) is 55.3 Å². The number of H-pyrrole nitrogens is 1. The molecule has 10 heteroatoms. The molecule has 0 aliphatic rings. The van der Waals surface area contributed by atoms with Gasteiger partial charge in [0.2, 0.25) is 0 Å². The number of esters is 1. The summed E-state index contributed by atoms with van der Waals surface area (Å²) in [5, 5.41) is 14.2. The van der Waals surface area contributed by atoms with E-state index in [1.54, 1.807) is 30.3 Å². The minimum absolute atomic E-state index is 0. The molecule has 3 rings (SSSR count). The Morgan fingerprint density at radius 2 is 1.77 bits per heavy atom. The zero-order valence-corrected chi connectivity index (χ0v) is 22.6. The fourth-order valence-corrected chi connectivity index (χ4v) is 3.85. The number of aromatic carboxylic acids is 1. The number of imidazole rings is 1. The van der Waals surface area contributed by atoms with Crippen LogP contribution in [0.25, 0.3) is 0 Å². The first-order valence-electron chi connectivity index (χ1n) is 10.9. The Morgan fingerprint density at radius 1 is 1.11 bits per heavy atom. The number of aromatic amines is 1. The molecule has 1 unspecified atom stereocenters. The number of benzene rings is 2. The second kappa shape index (κ2) is 13.4. The van der Waals surface area contributed by atoms with Gasteiger partial charge < -0.3 is 24.9 Å². The van der Waals surface area contributed by atoms with E-state index in [1.807, 2.05) is 0 Å². The van der Waals surface area contributed by atoms with E-state index in [2.05, 4.69) is 22.2 Å². The third-order valence-corrected chi connectivity index (χ3v) is 5.67. The number of amides is 1. The Balaban J connectivity index is 0.00000432. The molecular weight excluding hydrogens is 481 g/mol. The SMILES string of the molecule is CCCCc1nc(Cl)c(C(Cc2ccc(NC(=O)c3ccccc3C(=O)[O-])cc2)C(=O)OC)[nH]1.[Na+]. The number of nitrogens with zero attached hydrogens (tertiary/aromatic N) is 1. The van der Waals surface area contributed by atoms with Crippen LogP contribution in [0.15, 0.2) is 48.5 Å². The van der Waals surface area contributed by atoms with Gasteiger partial charge in [-0.2, -0.15) is 0 Å². The number of carboxylic acids is 1. The van der Waals surface area contributed by atoms with Gasteiger partial charge in [-0.3, -0.25) is 9.59 Å². The first-order valence-corrected chi connectivity index (χ1v) is 11.2. The van der Waals surface area contributed by atoms with E-state index in [0.29, 0.717) is 17.8 Å². The number of carboxylic acid groups (broad SMARTS) is 1. The van der Waals surface area contributed by atoms with Crippen LogP contribution in [0.5, 0.6) is 0 Å². The average Bonchev–Trinajstić information content (AvgIpc) is 3.21. The summed E-state index contributed by atoms with van der Waals surface area (Å²) in [4.78, 5) is 43.8. The van der Waals surface area contributed by atoms with Crippen molar-refractivity contribution >= 4 is 35.1 Å². The molecule has 3 aromatic rings. The fraction of sp³-hybridized carbons (Fsp3) is 0.280. The molecule has 1 amide bonds. The summed E-state index contributed by atoms with van der Waals surface area (Å²) in [7, 11) is 1.32. The van der Waals surface area contributed by atoms with Crippen LogP contribution in [0, 0.1) is 0 Å². The maximum Gasteiger partial charge on any atom is 1.00 e. The molecule has 1 heterocycles. The quantitative estimate of drug-likeness (QED) is 0.306. The van der Waals surface area contributed by atoms with Crippen molar-refractivity contribution in [3.05, 3.63) is 81.9 Å². The van der Waals surface area contributed by atoms with Crippen molar-refractivity contribution in [1.82, 2.24) is 9.97 Å². The Labute approximate surface area is 230 Å². The summed E-state index contributed by atoms with van der Waals surface area (Å²) in [5.41, 5.74) is 1.61. The molecule has 0 saturated carbocycles. The molecule has 1 aromatic heterocycles. The van der Waals surface area contributed by atoms with Crippen molar-refractivity contribution in [1.29, 1.82) is 0 Å². The molecule has 0 spiro atoms. The van der Waals surface area contributed by atoms with Gasteiger partial charge in [0.15, 0.2) is 5.15 Å². The van der Waals surface area contributed by atoms with Crippen LogP contribution in [-0.4, -0.2) is 34.9 Å². The summed E-state index contributed by atoms with van der Waals surface area (Å²) >= 11 is 6.32. The predicted molar refractivity (Wildman–Crippen MR) is 126 cm³/mol. The summed E-state index contributed by atoms with van der Waals surface area (Å²) < 4.78 is 4.98. The second-order valence-corrected chi connectivity index (χ2v) is 8.11. The number of nitrogens with one attached hydrogen (secondary N) is 2. The first kappa shape index (κ1) is 28.6. The normalized spacial score (nSPS) is 11.3. The molecule has 0 aliphatic carbocycles. The molecule has 0 fully saturated rings. The van der Waals surface area contributed by atoms with E-state index in [4.69, 9.17) is 16.3 Å². The number of aryl methyl sites for hydroxylation is 1. The zero-order chi connectivity index (χ0) is 24.7. The molecule has 2 aromatic carbocycles. The number of hydrogen-bond donors (Lipinski definition) is 2. The standard InChI is InChI=1S/C25H26ClN3O5.Na/c1-3-4-9-20-28-21(22(26)29-20)19(25(33)34-2)14-15-10-12-16(13-11-15)27-23(30)17-7-5-6-8-18(17)24(31)32;/h5-8,10-13,19H,3-4,9,14H2,1-2H3,(H,27,30)(H,28,29)(H,31,32);/q;+1/p-1. The number of unbranched alkanes of at least 4 members (excludes halogenated alkanes) is 1. The summed E-state index contributed by atoms with van der Waals surface area (Å²) in [6.45, 7) is 2.08. The summed E-state index contributed by atoms with van der Waals surface area (Å²) in [5.74, 6) is -2.38. The molecule has 8 nitrogen and oxygen atoms in total. The van der Waals surface area contributed by atoms with Gasteiger partial charge in [0.05, 0.1) is 18.8 Å².